The van der Waals surface area contributed by atoms with E-state index < -0.39 is 0 Å². The molecular weight excluding hydrogens is 276 g/mol. The molecule has 2 unspecified atom stereocenters. The van der Waals surface area contributed by atoms with Crippen LogP contribution in [0.4, 0.5) is 0 Å². The third-order valence-corrected chi connectivity index (χ3v) is 6.03. The van der Waals surface area contributed by atoms with E-state index in [0.29, 0.717) is 0 Å². The molecule has 0 bridgehead atoms. The molecule has 0 amide bonds. The molecule has 3 fully saturated rings. The molecule has 0 aliphatic heterocycles. The molecule has 0 nitrogen and oxygen atoms in total. The van der Waals surface area contributed by atoms with Crippen LogP contribution in [0, 0.1) is 40.9 Å². The summed E-state index contributed by atoms with van der Waals surface area (Å²) in [5.74, 6) is 6.03. The average Bonchev–Trinajstić information content (AvgIpc) is 3.19. The maximum atomic E-state index is 2.37. The lowest BCUT2D eigenvalue weighted by molar-refractivity contribution is 0.397. The molecule has 0 heteroatoms. The van der Waals surface area contributed by atoms with Crippen molar-refractivity contribution >= 4 is 0 Å². The maximum Gasteiger partial charge on any atom is -0.0302 e. The summed E-state index contributed by atoms with van der Waals surface area (Å²) in [6.07, 6.45) is 7.41. The van der Waals surface area contributed by atoms with E-state index >= 15 is 0 Å². The summed E-state index contributed by atoms with van der Waals surface area (Å²) in [4.78, 5) is 0. The predicted molar refractivity (Wildman–Crippen MR) is 112 cm³/mol. The number of hydrogen-bond donors (Lipinski definition) is 0. The fourth-order valence-electron chi connectivity index (χ4n) is 2.82. The molecule has 3 saturated carbocycles. The zero-order chi connectivity index (χ0) is 15.5. The van der Waals surface area contributed by atoms with Crippen molar-refractivity contribution in [1.29, 1.82) is 0 Å². The van der Waals surface area contributed by atoms with Crippen molar-refractivity contribution in [2.24, 2.45) is 40.9 Å². The van der Waals surface area contributed by atoms with Crippen molar-refractivity contribution in [3.8, 4) is 0 Å². The highest BCUT2D eigenvalue weighted by atomic mass is 14.4. The Kier molecular flexibility index (Phi) is 14.0. The molecule has 0 radical (unpaired) electrons. The lowest BCUT2D eigenvalue weighted by Crippen LogP contribution is -2.01. The Morgan fingerprint density at radius 3 is 1.17 bits per heavy atom. The molecule has 2 atom stereocenters. The van der Waals surface area contributed by atoms with E-state index in [2.05, 4.69) is 55.4 Å². The smallest absolute Gasteiger partial charge is 0.0302 e. The maximum absolute atomic E-state index is 2.37. The highest BCUT2D eigenvalue weighted by Gasteiger charge is 2.39. The zero-order valence-electron chi connectivity index (χ0n) is 15.5. The Hall–Kier alpha value is 0. The third kappa shape index (κ3) is 11.2. The molecule has 3 aliphatic rings. The normalized spacial score (nSPS) is 25.7. The Balaban J connectivity index is -0.000000246. The molecule has 0 N–H and O–H groups in total. The van der Waals surface area contributed by atoms with Crippen molar-refractivity contribution in [2.75, 3.05) is 0 Å². The second-order valence-corrected chi connectivity index (χ2v) is 9.01. The van der Waals surface area contributed by atoms with E-state index in [9.17, 15) is 0 Å². The first-order chi connectivity index (χ1) is 9.17. The van der Waals surface area contributed by atoms with Crippen LogP contribution in [0.25, 0.3) is 0 Å². The van der Waals surface area contributed by atoms with Crippen LogP contribution in [0.3, 0.4) is 0 Å². The summed E-state index contributed by atoms with van der Waals surface area (Å²) in [5.41, 5.74) is 0.750. The van der Waals surface area contributed by atoms with Crippen LogP contribution in [0.2, 0.25) is 0 Å². The SMILES string of the molecule is C.C.C.CC(C)C1(C)CC1.CC(C)C1CC1.CC(C)C1CC1C. The van der Waals surface area contributed by atoms with Gasteiger partial charge in [0.2, 0.25) is 0 Å². The van der Waals surface area contributed by atoms with Crippen molar-refractivity contribution in [3.63, 3.8) is 0 Å². The van der Waals surface area contributed by atoms with Crippen molar-refractivity contribution in [1.82, 2.24) is 0 Å². The summed E-state index contributed by atoms with van der Waals surface area (Å²) in [6, 6.07) is 0. The molecule has 3 aliphatic carbocycles. The van der Waals surface area contributed by atoms with Gasteiger partial charge in [0.25, 0.3) is 0 Å². The lowest BCUT2D eigenvalue weighted by atomic mass is 9.95. The minimum absolute atomic E-state index is 0. The van der Waals surface area contributed by atoms with Gasteiger partial charge in [-0.25, -0.2) is 0 Å². The summed E-state index contributed by atoms with van der Waals surface area (Å²) in [6.45, 7) is 18.6. The van der Waals surface area contributed by atoms with E-state index in [4.69, 9.17) is 0 Å². The molecule has 23 heavy (non-hydrogen) atoms. The van der Waals surface area contributed by atoms with Gasteiger partial charge in [-0.3, -0.25) is 0 Å². The second kappa shape index (κ2) is 11.5. The average molecular weight is 329 g/mol. The van der Waals surface area contributed by atoms with Crippen LogP contribution in [0.5, 0.6) is 0 Å². The number of rotatable bonds is 3. The molecule has 144 valence electrons. The van der Waals surface area contributed by atoms with Gasteiger partial charge in [-0.1, -0.05) is 77.7 Å². The van der Waals surface area contributed by atoms with E-state index in [0.717, 1.165) is 40.9 Å². The summed E-state index contributed by atoms with van der Waals surface area (Å²) in [5, 5.41) is 0. The predicted octanol–water partition coefficient (Wildman–Crippen LogP) is 8.70. The molecule has 0 aromatic heterocycles. The molecule has 0 aromatic rings. The van der Waals surface area contributed by atoms with Gasteiger partial charge < -0.3 is 0 Å². The van der Waals surface area contributed by atoms with Gasteiger partial charge in [0.05, 0.1) is 0 Å². The molecule has 0 spiro atoms. The zero-order valence-corrected chi connectivity index (χ0v) is 15.5. The van der Waals surface area contributed by atoms with Crippen LogP contribution in [0.1, 0.15) is 110 Å². The van der Waals surface area contributed by atoms with E-state index in [1.165, 1.54) is 32.1 Å². The van der Waals surface area contributed by atoms with Gasteiger partial charge >= 0.3 is 0 Å². The van der Waals surface area contributed by atoms with Crippen LogP contribution >= 0.6 is 0 Å². The van der Waals surface area contributed by atoms with Crippen molar-refractivity contribution in [2.45, 2.75) is 110 Å². The van der Waals surface area contributed by atoms with E-state index in [1.807, 2.05) is 0 Å². The molecule has 0 aromatic carbocycles. The highest BCUT2D eigenvalue weighted by Crippen LogP contribution is 2.50. The largest absolute Gasteiger partial charge is 0.0776 e. The van der Waals surface area contributed by atoms with Gasteiger partial charge in [0.1, 0.15) is 0 Å². The van der Waals surface area contributed by atoms with E-state index in [1.54, 1.807) is 0 Å². The fraction of sp³-hybridized carbons (Fsp3) is 1.00. The Bertz CT molecular complexity index is 266. The molecule has 0 heterocycles. The second-order valence-electron chi connectivity index (χ2n) is 9.01. The van der Waals surface area contributed by atoms with Gasteiger partial charge in [-0.15, -0.1) is 0 Å². The van der Waals surface area contributed by atoms with Gasteiger partial charge in [-0.05, 0) is 73.0 Å². The topological polar surface area (TPSA) is 0 Å². The molecular formula is C23H52. The number of hydrogen-bond acceptors (Lipinski definition) is 0. The molecule has 3 rings (SSSR count). The Morgan fingerprint density at radius 1 is 0.783 bits per heavy atom. The van der Waals surface area contributed by atoms with Crippen LogP contribution < -0.4 is 0 Å². The highest BCUT2D eigenvalue weighted by molar-refractivity contribution is 4.90. The van der Waals surface area contributed by atoms with E-state index in [-0.39, 0.29) is 22.3 Å². The van der Waals surface area contributed by atoms with Crippen LogP contribution in [-0.2, 0) is 0 Å². The minimum atomic E-state index is 0. The lowest BCUT2D eigenvalue weighted by Gasteiger charge is -2.10. The van der Waals surface area contributed by atoms with Crippen LogP contribution in [-0.4, -0.2) is 0 Å². The minimum Gasteiger partial charge on any atom is -0.0776 e. The van der Waals surface area contributed by atoms with Crippen molar-refractivity contribution < 1.29 is 0 Å². The Morgan fingerprint density at radius 2 is 1.17 bits per heavy atom. The Labute approximate surface area is 151 Å². The molecule has 0 saturated heterocycles. The van der Waals surface area contributed by atoms with Crippen LogP contribution in [0.15, 0.2) is 0 Å². The van der Waals surface area contributed by atoms with Gasteiger partial charge in [0.15, 0.2) is 0 Å². The third-order valence-electron chi connectivity index (χ3n) is 6.03. The standard InChI is InChI=1S/2C7H14.C6H12.3CH4/c1-6(2)7(3)4-5-7;1-5(2)7-4-6(7)3;1-5(2)6-3-4-6;;;/h6H,4-5H2,1-3H3;5-7H,4H2,1-3H3;5-6H,3-4H2,1-2H3;3*1H4. The quantitative estimate of drug-likeness (QED) is 0.486. The monoisotopic (exact) mass is 328 g/mol. The van der Waals surface area contributed by atoms with Crippen molar-refractivity contribution in [3.05, 3.63) is 0 Å². The van der Waals surface area contributed by atoms with Gasteiger partial charge in [-0.2, -0.15) is 0 Å². The first-order valence-electron chi connectivity index (χ1n) is 9.17. The fourth-order valence-corrected chi connectivity index (χ4v) is 2.82. The summed E-state index contributed by atoms with van der Waals surface area (Å²) >= 11 is 0. The summed E-state index contributed by atoms with van der Waals surface area (Å²) in [7, 11) is 0. The van der Waals surface area contributed by atoms with Gasteiger partial charge in [0, 0.05) is 0 Å². The first kappa shape index (κ1) is 27.8. The first-order valence-corrected chi connectivity index (χ1v) is 9.17. The summed E-state index contributed by atoms with van der Waals surface area (Å²) < 4.78 is 0.